The summed E-state index contributed by atoms with van der Waals surface area (Å²) in [6, 6.07) is 7.97. The Balaban J connectivity index is 2.31. The molecule has 0 amide bonds. The molecule has 1 aromatic rings. The summed E-state index contributed by atoms with van der Waals surface area (Å²) in [6.45, 7) is 8.05. The summed E-state index contributed by atoms with van der Waals surface area (Å²) < 4.78 is 5.76. The van der Waals surface area contributed by atoms with Gasteiger partial charge in [0.05, 0.1) is 6.61 Å². The number of hydrogen-bond donors (Lipinski definition) is 1. The van der Waals surface area contributed by atoms with Gasteiger partial charge in [-0.25, -0.2) is 0 Å². The summed E-state index contributed by atoms with van der Waals surface area (Å²) in [4.78, 5) is 0. The van der Waals surface area contributed by atoms with E-state index < -0.39 is 0 Å². The van der Waals surface area contributed by atoms with Gasteiger partial charge >= 0.3 is 0 Å². The molecule has 0 heterocycles. The van der Waals surface area contributed by atoms with Crippen molar-refractivity contribution >= 4 is 11.8 Å². The van der Waals surface area contributed by atoms with Crippen molar-refractivity contribution < 1.29 is 4.74 Å². The topological polar surface area (TPSA) is 35.2 Å². The molecular weight excluding hydrogens is 230 g/mol. The Morgan fingerprint density at radius 3 is 2.59 bits per heavy atom. The van der Waals surface area contributed by atoms with Crippen LogP contribution in [0.3, 0.4) is 0 Å². The van der Waals surface area contributed by atoms with Gasteiger partial charge in [-0.1, -0.05) is 39.0 Å². The van der Waals surface area contributed by atoms with Gasteiger partial charge in [0.1, 0.15) is 5.75 Å². The molecule has 0 aliphatic heterocycles. The van der Waals surface area contributed by atoms with Crippen LogP contribution in [-0.4, -0.2) is 17.6 Å². The molecule has 0 aromatic heterocycles. The van der Waals surface area contributed by atoms with Gasteiger partial charge in [0.2, 0.25) is 0 Å². The van der Waals surface area contributed by atoms with E-state index in [-0.39, 0.29) is 0 Å². The molecule has 1 atom stereocenters. The van der Waals surface area contributed by atoms with Crippen LogP contribution in [0.5, 0.6) is 5.75 Å². The molecule has 0 fully saturated rings. The number of rotatable bonds is 7. The lowest BCUT2D eigenvalue weighted by Crippen LogP contribution is -2.10. The van der Waals surface area contributed by atoms with Crippen molar-refractivity contribution in [1.82, 2.24) is 0 Å². The molecule has 1 unspecified atom stereocenters. The summed E-state index contributed by atoms with van der Waals surface area (Å²) in [7, 11) is 0. The van der Waals surface area contributed by atoms with Crippen LogP contribution in [0.1, 0.15) is 26.3 Å². The number of nitrogens with two attached hydrogens (primary N) is 1. The average molecular weight is 253 g/mol. The molecule has 96 valence electrons. The molecule has 0 spiro atoms. The first-order valence-electron chi connectivity index (χ1n) is 6.17. The predicted octanol–water partition coefficient (Wildman–Crippen LogP) is 3.30. The van der Waals surface area contributed by atoms with Crippen LogP contribution in [0.15, 0.2) is 24.3 Å². The van der Waals surface area contributed by atoms with Crippen molar-refractivity contribution in [1.29, 1.82) is 0 Å². The highest BCUT2D eigenvalue weighted by Gasteiger charge is 2.07. The second kappa shape index (κ2) is 7.62. The van der Waals surface area contributed by atoms with E-state index in [0.717, 1.165) is 29.6 Å². The molecule has 0 bridgehead atoms. The number of para-hydroxylation sites is 1. The molecule has 0 saturated heterocycles. The standard InChI is InChI=1S/C14H23NOS/c1-11(2)12(3)17-9-8-16-14-7-5-4-6-13(14)10-15/h4-7,11-12H,8-10,15H2,1-3H3. The summed E-state index contributed by atoms with van der Waals surface area (Å²) in [5.74, 6) is 2.67. The second-order valence-corrected chi connectivity index (χ2v) is 5.97. The number of hydrogen-bond acceptors (Lipinski definition) is 3. The molecule has 3 heteroatoms. The second-order valence-electron chi connectivity index (χ2n) is 4.48. The van der Waals surface area contributed by atoms with Crippen LogP contribution in [-0.2, 0) is 6.54 Å². The van der Waals surface area contributed by atoms with Gasteiger partial charge in [-0.3, -0.25) is 0 Å². The van der Waals surface area contributed by atoms with Crippen molar-refractivity contribution in [3.05, 3.63) is 29.8 Å². The number of benzene rings is 1. The minimum Gasteiger partial charge on any atom is -0.492 e. The van der Waals surface area contributed by atoms with E-state index in [1.165, 1.54) is 0 Å². The zero-order chi connectivity index (χ0) is 12.7. The minimum atomic E-state index is 0.533. The first kappa shape index (κ1) is 14.4. The van der Waals surface area contributed by atoms with Gasteiger partial charge in [-0.2, -0.15) is 11.8 Å². The van der Waals surface area contributed by atoms with Gasteiger partial charge in [0, 0.05) is 23.1 Å². The van der Waals surface area contributed by atoms with Crippen molar-refractivity contribution in [3.8, 4) is 5.75 Å². The van der Waals surface area contributed by atoms with E-state index in [9.17, 15) is 0 Å². The molecule has 0 saturated carbocycles. The van der Waals surface area contributed by atoms with Crippen LogP contribution >= 0.6 is 11.8 Å². The van der Waals surface area contributed by atoms with Gasteiger partial charge in [-0.15, -0.1) is 0 Å². The third-order valence-corrected chi connectivity index (χ3v) is 4.33. The lowest BCUT2D eigenvalue weighted by Gasteiger charge is -2.15. The maximum Gasteiger partial charge on any atom is 0.123 e. The Hall–Kier alpha value is -0.670. The molecule has 1 rings (SSSR count). The fourth-order valence-electron chi connectivity index (χ4n) is 1.39. The number of thioether (sulfide) groups is 1. The Kier molecular flexibility index (Phi) is 6.45. The lowest BCUT2D eigenvalue weighted by molar-refractivity contribution is 0.340. The molecule has 17 heavy (non-hydrogen) atoms. The van der Waals surface area contributed by atoms with Gasteiger partial charge in [0.15, 0.2) is 0 Å². The van der Waals surface area contributed by atoms with Crippen LogP contribution in [0.2, 0.25) is 0 Å². The van der Waals surface area contributed by atoms with Gasteiger partial charge < -0.3 is 10.5 Å². The van der Waals surface area contributed by atoms with E-state index in [0.29, 0.717) is 11.8 Å². The van der Waals surface area contributed by atoms with Crippen molar-refractivity contribution in [2.45, 2.75) is 32.6 Å². The zero-order valence-electron chi connectivity index (χ0n) is 11.0. The monoisotopic (exact) mass is 253 g/mol. The molecular formula is C14H23NOS. The fraction of sp³-hybridized carbons (Fsp3) is 0.571. The maximum atomic E-state index is 5.76. The largest absolute Gasteiger partial charge is 0.492 e. The van der Waals surface area contributed by atoms with Crippen molar-refractivity contribution in [2.75, 3.05) is 12.4 Å². The third kappa shape index (κ3) is 5.00. The molecule has 2 nitrogen and oxygen atoms in total. The average Bonchev–Trinajstić information content (AvgIpc) is 2.34. The highest BCUT2D eigenvalue weighted by Crippen LogP contribution is 2.20. The summed E-state index contributed by atoms with van der Waals surface area (Å²) >= 11 is 1.96. The Bertz CT molecular complexity index is 328. The lowest BCUT2D eigenvalue weighted by atomic mass is 10.2. The summed E-state index contributed by atoms with van der Waals surface area (Å²) in [6.07, 6.45) is 0. The molecule has 0 aliphatic rings. The minimum absolute atomic E-state index is 0.533. The van der Waals surface area contributed by atoms with E-state index in [2.05, 4.69) is 20.8 Å². The molecule has 2 N–H and O–H groups in total. The van der Waals surface area contributed by atoms with Crippen LogP contribution in [0, 0.1) is 5.92 Å². The van der Waals surface area contributed by atoms with Crippen LogP contribution in [0.4, 0.5) is 0 Å². The molecule has 0 aliphatic carbocycles. The fourth-order valence-corrected chi connectivity index (χ4v) is 2.33. The highest BCUT2D eigenvalue weighted by molar-refractivity contribution is 7.99. The smallest absolute Gasteiger partial charge is 0.123 e. The quantitative estimate of drug-likeness (QED) is 0.757. The maximum absolute atomic E-state index is 5.76. The SMILES string of the molecule is CC(C)C(C)SCCOc1ccccc1CN. The first-order valence-corrected chi connectivity index (χ1v) is 7.22. The van der Waals surface area contributed by atoms with E-state index in [4.69, 9.17) is 10.5 Å². The van der Waals surface area contributed by atoms with Gasteiger partial charge in [-0.05, 0) is 12.0 Å². The Morgan fingerprint density at radius 1 is 1.24 bits per heavy atom. The first-order chi connectivity index (χ1) is 8.15. The third-order valence-electron chi connectivity index (χ3n) is 2.85. The Morgan fingerprint density at radius 2 is 1.94 bits per heavy atom. The predicted molar refractivity (Wildman–Crippen MR) is 76.6 cm³/mol. The summed E-state index contributed by atoms with van der Waals surface area (Å²) in [5, 5.41) is 0.684. The summed E-state index contributed by atoms with van der Waals surface area (Å²) in [5.41, 5.74) is 6.74. The van der Waals surface area contributed by atoms with Crippen molar-refractivity contribution in [2.24, 2.45) is 11.7 Å². The van der Waals surface area contributed by atoms with Crippen molar-refractivity contribution in [3.63, 3.8) is 0 Å². The van der Waals surface area contributed by atoms with E-state index >= 15 is 0 Å². The van der Waals surface area contributed by atoms with Crippen LogP contribution < -0.4 is 10.5 Å². The Labute approximate surface area is 109 Å². The normalized spacial score (nSPS) is 12.8. The highest BCUT2D eigenvalue weighted by atomic mass is 32.2. The zero-order valence-corrected chi connectivity index (χ0v) is 11.8. The van der Waals surface area contributed by atoms with E-state index in [1.807, 2.05) is 36.0 Å². The molecule has 0 radical (unpaired) electrons. The van der Waals surface area contributed by atoms with E-state index in [1.54, 1.807) is 0 Å². The molecule has 1 aromatic carbocycles. The van der Waals surface area contributed by atoms with Gasteiger partial charge in [0.25, 0.3) is 0 Å². The van der Waals surface area contributed by atoms with Crippen LogP contribution in [0.25, 0.3) is 0 Å². The number of ether oxygens (including phenoxy) is 1.